The van der Waals surface area contributed by atoms with Crippen molar-refractivity contribution in [1.29, 1.82) is 0 Å². The zero-order valence-corrected chi connectivity index (χ0v) is 13.8. The number of anilines is 1. The van der Waals surface area contributed by atoms with Gasteiger partial charge in [-0.1, -0.05) is 12.8 Å². The predicted molar refractivity (Wildman–Crippen MR) is 96.8 cm³/mol. The number of pyridine rings is 1. The monoisotopic (exact) mass is 336 g/mol. The molecule has 1 saturated carbocycles. The van der Waals surface area contributed by atoms with Crippen LogP contribution in [0.15, 0.2) is 48.8 Å². The molecule has 0 radical (unpaired) electrons. The molecular weight excluding hydrogens is 316 g/mol. The number of carbonyl (C=O) groups is 1. The van der Waals surface area contributed by atoms with Gasteiger partial charge >= 0.3 is 6.03 Å². The number of benzene rings is 1. The molecule has 2 aromatic heterocycles. The van der Waals surface area contributed by atoms with Crippen molar-refractivity contribution in [3.05, 3.63) is 48.8 Å². The molecule has 0 spiro atoms. The van der Waals surface area contributed by atoms with Gasteiger partial charge in [0, 0.05) is 29.9 Å². The number of hydrogen-bond acceptors (Lipinski definition) is 4. The van der Waals surface area contributed by atoms with Crippen LogP contribution in [0.25, 0.3) is 10.9 Å². The molecule has 1 aromatic carbocycles. The average Bonchev–Trinajstić information content (AvgIpc) is 3.24. The molecule has 3 aromatic rings. The predicted octanol–water partition coefficient (Wildman–Crippen LogP) is 3.91. The van der Waals surface area contributed by atoms with Crippen molar-refractivity contribution in [2.24, 2.45) is 0 Å². The van der Waals surface area contributed by atoms with Gasteiger partial charge in [0.25, 0.3) is 0 Å². The van der Waals surface area contributed by atoms with Crippen molar-refractivity contribution in [2.75, 3.05) is 5.73 Å². The van der Waals surface area contributed by atoms with Crippen molar-refractivity contribution in [3.8, 4) is 11.5 Å². The van der Waals surface area contributed by atoms with Crippen molar-refractivity contribution in [1.82, 2.24) is 14.9 Å². The first-order chi connectivity index (χ1) is 12.2. The number of aromatic nitrogens is 2. The fourth-order valence-electron chi connectivity index (χ4n) is 3.30. The first-order valence-corrected chi connectivity index (χ1v) is 8.50. The molecule has 6 heteroatoms. The molecule has 3 N–H and O–H groups in total. The fourth-order valence-corrected chi connectivity index (χ4v) is 3.30. The Bertz CT molecular complexity index is 913. The van der Waals surface area contributed by atoms with Crippen LogP contribution in [0.4, 0.5) is 10.6 Å². The Hall–Kier alpha value is -3.02. The van der Waals surface area contributed by atoms with E-state index in [1.54, 1.807) is 29.1 Å². The van der Waals surface area contributed by atoms with Crippen LogP contribution in [0.1, 0.15) is 25.7 Å². The molecular formula is C19H20N4O2. The first kappa shape index (κ1) is 15.5. The van der Waals surface area contributed by atoms with Crippen LogP contribution in [-0.4, -0.2) is 21.6 Å². The number of nitrogen functional groups attached to an aromatic ring is 1. The number of fused-ring (bicyclic) bond motifs is 1. The zero-order chi connectivity index (χ0) is 17.2. The molecule has 128 valence electrons. The van der Waals surface area contributed by atoms with Gasteiger partial charge in [0.15, 0.2) is 0 Å². The fraction of sp³-hybridized carbons (Fsp3) is 0.263. The maximum atomic E-state index is 12.5. The van der Waals surface area contributed by atoms with E-state index >= 15 is 0 Å². The lowest BCUT2D eigenvalue weighted by molar-refractivity contribution is 0.239. The van der Waals surface area contributed by atoms with Gasteiger partial charge in [-0.05, 0) is 43.2 Å². The number of amides is 1. The van der Waals surface area contributed by atoms with Crippen LogP contribution < -0.4 is 15.8 Å². The lowest BCUT2D eigenvalue weighted by Crippen LogP contribution is -2.35. The third-order valence-electron chi connectivity index (χ3n) is 4.55. The van der Waals surface area contributed by atoms with Gasteiger partial charge < -0.3 is 15.8 Å². The van der Waals surface area contributed by atoms with Crippen LogP contribution in [0, 0.1) is 0 Å². The highest BCUT2D eigenvalue weighted by atomic mass is 16.5. The van der Waals surface area contributed by atoms with Crippen molar-refractivity contribution in [3.63, 3.8) is 0 Å². The molecule has 0 unspecified atom stereocenters. The molecule has 1 aliphatic carbocycles. The summed E-state index contributed by atoms with van der Waals surface area (Å²) in [5.74, 6) is 1.73. The lowest BCUT2D eigenvalue weighted by atomic mass is 10.2. The summed E-state index contributed by atoms with van der Waals surface area (Å²) in [5.41, 5.74) is 6.53. The number of nitrogens with one attached hydrogen (secondary N) is 1. The van der Waals surface area contributed by atoms with Crippen LogP contribution in [0.2, 0.25) is 0 Å². The third kappa shape index (κ3) is 3.28. The summed E-state index contributed by atoms with van der Waals surface area (Å²) in [7, 11) is 0. The summed E-state index contributed by atoms with van der Waals surface area (Å²) >= 11 is 0. The van der Waals surface area contributed by atoms with Crippen LogP contribution in [0.3, 0.4) is 0 Å². The second kappa shape index (κ2) is 6.47. The van der Waals surface area contributed by atoms with E-state index in [1.807, 2.05) is 24.3 Å². The second-order valence-corrected chi connectivity index (χ2v) is 6.36. The topological polar surface area (TPSA) is 82.2 Å². The minimum absolute atomic E-state index is 0.0718. The highest BCUT2D eigenvalue weighted by Crippen LogP contribution is 2.27. The zero-order valence-electron chi connectivity index (χ0n) is 13.8. The highest BCUT2D eigenvalue weighted by Gasteiger charge is 2.18. The number of nitrogens with two attached hydrogens (primary N) is 1. The molecule has 4 rings (SSSR count). The minimum atomic E-state index is -0.0718. The number of hydrogen-bond donors (Lipinski definition) is 2. The van der Waals surface area contributed by atoms with Crippen molar-refractivity contribution < 1.29 is 9.53 Å². The maximum absolute atomic E-state index is 12.5. The van der Waals surface area contributed by atoms with Gasteiger partial charge in [-0.15, -0.1) is 0 Å². The van der Waals surface area contributed by atoms with E-state index in [-0.39, 0.29) is 6.03 Å². The lowest BCUT2D eigenvalue weighted by Gasteiger charge is -2.13. The highest BCUT2D eigenvalue weighted by molar-refractivity contribution is 5.92. The van der Waals surface area contributed by atoms with E-state index in [1.165, 1.54) is 12.8 Å². The minimum Gasteiger partial charge on any atom is -0.457 e. The second-order valence-electron chi connectivity index (χ2n) is 6.36. The number of nitrogens with zero attached hydrogens (tertiary/aromatic N) is 2. The van der Waals surface area contributed by atoms with Crippen molar-refractivity contribution in [2.45, 2.75) is 31.7 Å². The van der Waals surface area contributed by atoms with Crippen molar-refractivity contribution >= 4 is 22.8 Å². The van der Waals surface area contributed by atoms with Gasteiger partial charge in [-0.25, -0.2) is 9.78 Å². The van der Waals surface area contributed by atoms with E-state index in [4.69, 9.17) is 10.5 Å². The van der Waals surface area contributed by atoms with Gasteiger partial charge in [-0.3, -0.25) is 4.57 Å². The summed E-state index contributed by atoms with van der Waals surface area (Å²) in [4.78, 5) is 16.4. The Labute approximate surface area is 145 Å². The molecule has 0 saturated heterocycles. The smallest absolute Gasteiger partial charge is 0.326 e. The van der Waals surface area contributed by atoms with Crippen LogP contribution in [0.5, 0.6) is 11.5 Å². The third-order valence-corrected chi connectivity index (χ3v) is 4.55. The molecule has 0 atom stereocenters. The molecule has 6 nitrogen and oxygen atoms in total. The summed E-state index contributed by atoms with van der Waals surface area (Å²) in [6.07, 6.45) is 7.92. The Kier molecular flexibility index (Phi) is 4.01. The normalized spacial score (nSPS) is 14.7. The maximum Gasteiger partial charge on any atom is 0.326 e. The van der Waals surface area contributed by atoms with Crippen LogP contribution >= 0.6 is 0 Å². The van der Waals surface area contributed by atoms with Gasteiger partial charge in [-0.2, -0.15) is 0 Å². The van der Waals surface area contributed by atoms with E-state index in [9.17, 15) is 4.79 Å². The quantitative estimate of drug-likeness (QED) is 0.759. The largest absolute Gasteiger partial charge is 0.457 e. The summed E-state index contributed by atoms with van der Waals surface area (Å²) < 4.78 is 7.47. The van der Waals surface area contributed by atoms with Gasteiger partial charge in [0.2, 0.25) is 0 Å². The molecule has 1 fully saturated rings. The average molecular weight is 336 g/mol. The van der Waals surface area contributed by atoms with Gasteiger partial charge in [0.05, 0.1) is 5.52 Å². The summed E-state index contributed by atoms with van der Waals surface area (Å²) in [6, 6.07) is 11.2. The Morgan fingerprint density at radius 3 is 2.76 bits per heavy atom. The van der Waals surface area contributed by atoms with Crippen LogP contribution in [-0.2, 0) is 0 Å². The SMILES string of the molecule is Nc1cc(Oc2ccc3c(ccn3C(=O)NC3CCCC3)c2)ccn1. The summed E-state index contributed by atoms with van der Waals surface area (Å²) in [6.45, 7) is 0. The standard InChI is InChI=1S/C19H20N4O2/c20-18-12-16(7-9-21-18)25-15-5-6-17-13(11-15)8-10-23(17)19(24)22-14-3-1-2-4-14/h5-12,14H,1-4H2,(H2,20,21)(H,22,24). The Morgan fingerprint density at radius 2 is 1.96 bits per heavy atom. The van der Waals surface area contributed by atoms with E-state index in [0.717, 1.165) is 23.7 Å². The number of rotatable bonds is 3. The molecule has 0 bridgehead atoms. The molecule has 25 heavy (non-hydrogen) atoms. The molecule has 1 amide bonds. The Morgan fingerprint density at radius 1 is 1.16 bits per heavy atom. The van der Waals surface area contributed by atoms with E-state index < -0.39 is 0 Å². The molecule has 2 heterocycles. The van der Waals surface area contributed by atoms with Gasteiger partial charge in [0.1, 0.15) is 17.3 Å². The van der Waals surface area contributed by atoms with E-state index in [2.05, 4.69) is 10.3 Å². The molecule has 0 aliphatic heterocycles. The van der Waals surface area contributed by atoms with E-state index in [0.29, 0.717) is 23.4 Å². The molecule has 1 aliphatic rings. The Balaban J connectivity index is 1.55. The number of ether oxygens (including phenoxy) is 1. The first-order valence-electron chi connectivity index (χ1n) is 8.50. The summed E-state index contributed by atoms with van der Waals surface area (Å²) in [5, 5.41) is 4.05. The number of carbonyl (C=O) groups excluding carboxylic acids is 1.